The van der Waals surface area contributed by atoms with Gasteiger partial charge in [0.2, 0.25) is 0 Å². The summed E-state index contributed by atoms with van der Waals surface area (Å²) in [5.74, 6) is 0.414. The molecule has 0 saturated heterocycles. The molecule has 0 aliphatic carbocycles. The van der Waals surface area contributed by atoms with Gasteiger partial charge in [0.1, 0.15) is 5.82 Å². The topological polar surface area (TPSA) is 70.9 Å². The highest BCUT2D eigenvalue weighted by Gasteiger charge is 2.02. The van der Waals surface area contributed by atoms with Crippen LogP contribution in [0, 0.1) is 6.92 Å². The maximum atomic E-state index is 11.3. The van der Waals surface area contributed by atoms with Crippen LogP contribution in [0.1, 0.15) is 11.1 Å². The summed E-state index contributed by atoms with van der Waals surface area (Å²) in [6.45, 7) is 2.44. The van der Waals surface area contributed by atoms with Crippen LogP contribution in [0.15, 0.2) is 10.9 Å². The van der Waals surface area contributed by atoms with Crippen LogP contribution >= 0.6 is 0 Å². The van der Waals surface area contributed by atoms with E-state index in [1.165, 1.54) is 0 Å². The monoisotopic (exact) mass is 167 g/mol. The van der Waals surface area contributed by atoms with Gasteiger partial charge >= 0.3 is 0 Å². The van der Waals surface area contributed by atoms with Gasteiger partial charge in [0.25, 0.3) is 5.56 Å². The lowest BCUT2D eigenvalue weighted by Crippen LogP contribution is -2.20. The molecule has 0 aromatic carbocycles. The van der Waals surface area contributed by atoms with E-state index in [1.54, 1.807) is 13.1 Å². The van der Waals surface area contributed by atoms with E-state index in [9.17, 15) is 4.79 Å². The fraction of sp³-hybridized carbons (Fsp3) is 0.375. The molecule has 0 unspecified atom stereocenters. The fourth-order valence-electron chi connectivity index (χ4n) is 1.14. The zero-order valence-electron chi connectivity index (χ0n) is 7.27. The molecule has 0 fully saturated rings. The molecule has 0 radical (unpaired) electrons. The van der Waals surface area contributed by atoms with Crippen LogP contribution in [0.4, 0.5) is 5.82 Å². The molecule has 0 amide bonds. The predicted molar refractivity (Wildman–Crippen MR) is 49.0 cm³/mol. The van der Waals surface area contributed by atoms with Gasteiger partial charge in [-0.1, -0.05) is 0 Å². The molecule has 1 heterocycles. The Balaban J connectivity index is 3.19. The van der Waals surface area contributed by atoms with Gasteiger partial charge in [0.05, 0.1) is 0 Å². The van der Waals surface area contributed by atoms with Crippen molar-refractivity contribution in [2.45, 2.75) is 13.5 Å². The summed E-state index contributed by atoms with van der Waals surface area (Å²) in [6.07, 6.45) is 0. The normalized spacial score (nSPS) is 10.2. The first kappa shape index (κ1) is 8.80. The second-order valence-electron chi connectivity index (χ2n) is 2.75. The lowest BCUT2D eigenvalue weighted by Gasteiger charge is -2.03. The second kappa shape index (κ2) is 3.40. The molecule has 1 aromatic rings. The molecule has 1 rings (SSSR count). The van der Waals surface area contributed by atoms with Crippen molar-refractivity contribution in [3.8, 4) is 0 Å². The minimum atomic E-state index is -0.109. The first-order valence-corrected chi connectivity index (χ1v) is 3.78. The van der Waals surface area contributed by atoms with Gasteiger partial charge in [-0.15, -0.1) is 0 Å². The minimum Gasteiger partial charge on any atom is -0.385 e. The van der Waals surface area contributed by atoms with Crippen molar-refractivity contribution < 1.29 is 0 Å². The summed E-state index contributed by atoms with van der Waals surface area (Å²) in [5, 5.41) is 2.92. The number of aryl methyl sites for hydroxylation is 1. The maximum Gasteiger partial charge on any atom is 0.254 e. The Morgan fingerprint density at radius 3 is 2.83 bits per heavy atom. The number of anilines is 1. The molecule has 0 spiro atoms. The molecule has 4 heteroatoms. The Bertz CT molecular complexity index is 330. The standard InChI is InChI=1S/C8H13N3O/c1-5-3-7(9)11-8(12)6(5)4-10-2/h3,10H,4H2,1-2H3,(H3,9,11,12). The predicted octanol–water partition coefficient (Wildman–Crippen LogP) is -0.0151. The molecule has 66 valence electrons. The number of nitrogens with two attached hydrogens (primary N) is 1. The summed E-state index contributed by atoms with van der Waals surface area (Å²) < 4.78 is 0. The molecule has 12 heavy (non-hydrogen) atoms. The average Bonchev–Trinajstić information content (AvgIpc) is 1.96. The number of aromatic amines is 1. The number of hydrogen-bond acceptors (Lipinski definition) is 3. The van der Waals surface area contributed by atoms with Crippen molar-refractivity contribution in [1.82, 2.24) is 10.3 Å². The number of H-pyrrole nitrogens is 1. The molecule has 1 aromatic heterocycles. The summed E-state index contributed by atoms with van der Waals surface area (Å²) in [5.41, 5.74) is 7.00. The van der Waals surface area contributed by atoms with Gasteiger partial charge in [-0.25, -0.2) is 0 Å². The van der Waals surface area contributed by atoms with Crippen LogP contribution in [0.25, 0.3) is 0 Å². The van der Waals surface area contributed by atoms with E-state index in [1.807, 2.05) is 6.92 Å². The van der Waals surface area contributed by atoms with Gasteiger partial charge < -0.3 is 16.0 Å². The van der Waals surface area contributed by atoms with Gasteiger partial charge in [0.15, 0.2) is 0 Å². The van der Waals surface area contributed by atoms with Gasteiger partial charge in [-0.05, 0) is 25.6 Å². The summed E-state index contributed by atoms with van der Waals surface area (Å²) in [4.78, 5) is 13.8. The minimum absolute atomic E-state index is 0.109. The molecule has 0 atom stereocenters. The van der Waals surface area contributed by atoms with E-state index < -0.39 is 0 Å². The fourth-order valence-corrected chi connectivity index (χ4v) is 1.14. The van der Waals surface area contributed by atoms with Crippen molar-refractivity contribution in [1.29, 1.82) is 0 Å². The Hall–Kier alpha value is -1.29. The van der Waals surface area contributed by atoms with Gasteiger partial charge in [-0.2, -0.15) is 0 Å². The lowest BCUT2D eigenvalue weighted by atomic mass is 10.1. The highest BCUT2D eigenvalue weighted by atomic mass is 16.1. The van der Waals surface area contributed by atoms with Crippen molar-refractivity contribution in [3.63, 3.8) is 0 Å². The molecule has 0 saturated carbocycles. The number of nitrogen functional groups attached to an aromatic ring is 1. The Labute approximate surface area is 70.8 Å². The van der Waals surface area contributed by atoms with E-state index in [4.69, 9.17) is 5.73 Å². The summed E-state index contributed by atoms with van der Waals surface area (Å²) in [7, 11) is 1.80. The first-order valence-electron chi connectivity index (χ1n) is 3.78. The maximum absolute atomic E-state index is 11.3. The number of rotatable bonds is 2. The Kier molecular flexibility index (Phi) is 2.50. The van der Waals surface area contributed by atoms with Crippen LogP contribution in [0.2, 0.25) is 0 Å². The van der Waals surface area contributed by atoms with E-state index in [0.29, 0.717) is 12.4 Å². The van der Waals surface area contributed by atoms with Crippen LogP contribution in [0.5, 0.6) is 0 Å². The summed E-state index contributed by atoms with van der Waals surface area (Å²) in [6, 6.07) is 1.76. The molecule has 0 aliphatic rings. The van der Waals surface area contributed by atoms with Crippen LogP contribution in [-0.4, -0.2) is 12.0 Å². The lowest BCUT2D eigenvalue weighted by molar-refractivity contribution is 0.799. The molecule has 4 N–H and O–H groups in total. The third kappa shape index (κ3) is 1.65. The largest absolute Gasteiger partial charge is 0.385 e. The number of hydrogen-bond donors (Lipinski definition) is 3. The van der Waals surface area contributed by atoms with E-state index >= 15 is 0 Å². The smallest absolute Gasteiger partial charge is 0.254 e. The average molecular weight is 167 g/mol. The highest BCUT2D eigenvalue weighted by molar-refractivity contribution is 5.36. The van der Waals surface area contributed by atoms with Crippen molar-refractivity contribution in [2.24, 2.45) is 0 Å². The molecule has 4 nitrogen and oxygen atoms in total. The third-order valence-corrected chi connectivity index (χ3v) is 1.73. The SMILES string of the molecule is CNCc1c(C)cc(N)[nH]c1=O. The molecule has 0 bridgehead atoms. The van der Waals surface area contributed by atoms with Crippen LogP contribution < -0.4 is 16.6 Å². The van der Waals surface area contributed by atoms with E-state index in [0.717, 1.165) is 11.1 Å². The van der Waals surface area contributed by atoms with E-state index in [-0.39, 0.29) is 5.56 Å². The number of pyridine rings is 1. The second-order valence-corrected chi connectivity index (χ2v) is 2.75. The number of nitrogens with one attached hydrogen (secondary N) is 2. The Morgan fingerprint density at radius 2 is 2.33 bits per heavy atom. The summed E-state index contributed by atoms with van der Waals surface area (Å²) >= 11 is 0. The van der Waals surface area contributed by atoms with Gasteiger partial charge in [0, 0.05) is 12.1 Å². The molecular weight excluding hydrogens is 154 g/mol. The Morgan fingerprint density at radius 1 is 1.67 bits per heavy atom. The molecule has 0 aliphatic heterocycles. The van der Waals surface area contributed by atoms with Crippen molar-refractivity contribution in [2.75, 3.05) is 12.8 Å². The number of aromatic nitrogens is 1. The third-order valence-electron chi connectivity index (χ3n) is 1.73. The van der Waals surface area contributed by atoms with E-state index in [2.05, 4.69) is 10.3 Å². The van der Waals surface area contributed by atoms with Crippen molar-refractivity contribution in [3.05, 3.63) is 27.5 Å². The highest BCUT2D eigenvalue weighted by Crippen LogP contribution is 2.03. The zero-order chi connectivity index (χ0) is 9.14. The van der Waals surface area contributed by atoms with Crippen molar-refractivity contribution >= 4 is 5.82 Å². The molecular formula is C8H13N3O. The van der Waals surface area contributed by atoms with Crippen LogP contribution in [0.3, 0.4) is 0 Å². The van der Waals surface area contributed by atoms with Gasteiger partial charge in [-0.3, -0.25) is 4.79 Å². The zero-order valence-corrected chi connectivity index (χ0v) is 7.27. The quantitative estimate of drug-likeness (QED) is 0.580. The first-order chi connectivity index (χ1) is 5.65. The van der Waals surface area contributed by atoms with Crippen LogP contribution in [-0.2, 0) is 6.54 Å².